The van der Waals surface area contributed by atoms with Crippen LogP contribution in [0.2, 0.25) is 39.3 Å². The van der Waals surface area contributed by atoms with Gasteiger partial charge in [-0.05, 0) is 11.3 Å². The maximum atomic E-state index is 12.4. The predicted octanol–water partition coefficient (Wildman–Crippen LogP) is 2.88. The maximum Gasteiger partial charge on any atom is 0.335 e. The van der Waals surface area contributed by atoms with Crippen LogP contribution in [0, 0.1) is 0 Å². The van der Waals surface area contributed by atoms with Crippen molar-refractivity contribution < 1.29 is 4.42 Å². The fraction of sp³-hybridized carbons (Fsp3) is 0.400. The molecule has 1 aromatic carbocycles. The molecule has 0 fully saturated rings. The van der Waals surface area contributed by atoms with E-state index in [1.807, 2.05) is 18.2 Å². The molecule has 0 saturated heterocycles. The molecular weight excluding hydrogens is 268 g/mol. The molecule has 4 heteroatoms. The van der Waals surface area contributed by atoms with E-state index in [0.717, 1.165) is 16.2 Å². The van der Waals surface area contributed by atoms with Gasteiger partial charge in [0.25, 0.3) is 0 Å². The molecule has 0 amide bonds. The fourth-order valence-corrected chi connectivity index (χ4v) is 8.27. The van der Waals surface area contributed by atoms with Crippen molar-refractivity contribution >= 4 is 37.5 Å². The summed E-state index contributed by atoms with van der Waals surface area (Å²) in [4.78, 5) is 12.4. The van der Waals surface area contributed by atoms with Crippen molar-refractivity contribution in [2.75, 3.05) is 0 Å². The average molecular weight is 291 g/mol. The van der Waals surface area contributed by atoms with Crippen molar-refractivity contribution in [3.05, 3.63) is 34.7 Å². The van der Waals surface area contributed by atoms with Crippen molar-refractivity contribution in [3.8, 4) is 0 Å². The highest BCUT2D eigenvalue weighted by atomic mass is 28.3. The van der Waals surface area contributed by atoms with E-state index in [2.05, 4.69) is 45.3 Å². The summed E-state index contributed by atoms with van der Waals surface area (Å²) in [5.41, 5.74) is 0.613. The van der Waals surface area contributed by atoms with Crippen LogP contribution in [0.1, 0.15) is 0 Å². The zero-order chi connectivity index (χ0) is 14.4. The van der Waals surface area contributed by atoms with E-state index in [-0.39, 0.29) is 5.63 Å². The van der Waals surface area contributed by atoms with Crippen LogP contribution < -0.4 is 16.0 Å². The van der Waals surface area contributed by atoms with Gasteiger partial charge in [-0.1, -0.05) is 57.5 Å². The van der Waals surface area contributed by atoms with Crippen molar-refractivity contribution in [1.29, 1.82) is 0 Å². The van der Waals surface area contributed by atoms with Crippen LogP contribution >= 0.6 is 0 Å². The lowest BCUT2D eigenvalue weighted by atomic mass is 10.2. The molecule has 1 heterocycles. The Morgan fingerprint density at radius 2 is 1.37 bits per heavy atom. The molecule has 0 atom stereocenters. The molecule has 0 aliphatic rings. The molecule has 2 aromatic rings. The third-order valence-corrected chi connectivity index (χ3v) is 7.54. The van der Waals surface area contributed by atoms with Gasteiger partial charge in [0.2, 0.25) is 0 Å². The van der Waals surface area contributed by atoms with Crippen LogP contribution in [0.3, 0.4) is 0 Å². The van der Waals surface area contributed by atoms with Gasteiger partial charge in [0.1, 0.15) is 5.58 Å². The summed E-state index contributed by atoms with van der Waals surface area (Å²) in [5, 5.41) is 3.43. The zero-order valence-electron chi connectivity index (χ0n) is 12.6. The molecule has 102 valence electrons. The maximum absolute atomic E-state index is 12.4. The molecule has 0 aliphatic heterocycles. The SMILES string of the molecule is C[Si](C)(C)c1c([Si](C)(C)C)c2ccccc2oc1=O. The van der Waals surface area contributed by atoms with Crippen LogP contribution in [0.5, 0.6) is 0 Å². The van der Waals surface area contributed by atoms with Gasteiger partial charge >= 0.3 is 5.63 Å². The molecule has 0 spiro atoms. The predicted molar refractivity (Wildman–Crippen MR) is 88.4 cm³/mol. The smallest absolute Gasteiger partial charge is 0.335 e. The first kappa shape index (κ1) is 14.3. The summed E-state index contributed by atoms with van der Waals surface area (Å²) in [7, 11) is -3.33. The largest absolute Gasteiger partial charge is 0.423 e. The summed E-state index contributed by atoms with van der Waals surface area (Å²) in [5.74, 6) is 0. The van der Waals surface area contributed by atoms with Crippen LogP contribution in [0.15, 0.2) is 33.5 Å². The Kier molecular flexibility index (Phi) is 3.35. The first-order valence-electron chi connectivity index (χ1n) is 6.69. The number of fused-ring (bicyclic) bond motifs is 1. The second-order valence-corrected chi connectivity index (χ2v) is 17.1. The molecule has 2 rings (SSSR count). The van der Waals surface area contributed by atoms with Gasteiger partial charge < -0.3 is 4.42 Å². The van der Waals surface area contributed by atoms with Crippen LogP contribution in [-0.4, -0.2) is 16.1 Å². The third-order valence-electron chi connectivity index (χ3n) is 3.31. The molecule has 0 bridgehead atoms. The van der Waals surface area contributed by atoms with E-state index in [1.165, 1.54) is 5.19 Å². The van der Waals surface area contributed by atoms with Crippen molar-refractivity contribution in [2.24, 2.45) is 0 Å². The lowest BCUT2D eigenvalue weighted by Gasteiger charge is -2.27. The number of hydrogen-bond donors (Lipinski definition) is 0. The Morgan fingerprint density at radius 3 is 1.89 bits per heavy atom. The lowest BCUT2D eigenvalue weighted by molar-refractivity contribution is 0.567. The minimum absolute atomic E-state index is 0.115. The summed E-state index contributed by atoms with van der Waals surface area (Å²) >= 11 is 0. The quantitative estimate of drug-likeness (QED) is 0.629. The number of para-hydroxylation sites is 1. The first-order chi connectivity index (χ1) is 8.62. The Hall–Kier alpha value is -1.14. The van der Waals surface area contributed by atoms with E-state index in [4.69, 9.17) is 4.42 Å². The standard InChI is InChI=1S/C15H22O2Si2/c1-18(2,3)13-11-9-7-8-10-12(11)17-15(16)14(13)19(4,5)6/h7-10H,1-6H3. The summed E-state index contributed by atoms with van der Waals surface area (Å²) < 4.78 is 5.56. The molecule has 0 aliphatic carbocycles. The second-order valence-electron chi connectivity index (χ2n) is 7.14. The lowest BCUT2D eigenvalue weighted by Crippen LogP contribution is -2.62. The molecule has 0 unspecified atom stereocenters. The van der Waals surface area contributed by atoms with Crippen molar-refractivity contribution in [3.63, 3.8) is 0 Å². The molecule has 0 radical (unpaired) electrons. The highest BCUT2D eigenvalue weighted by molar-refractivity contribution is 6.99. The van der Waals surface area contributed by atoms with Crippen molar-refractivity contribution in [2.45, 2.75) is 39.3 Å². The van der Waals surface area contributed by atoms with E-state index < -0.39 is 16.1 Å². The van der Waals surface area contributed by atoms with Gasteiger partial charge in [0.15, 0.2) is 0 Å². The van der Waals surface area contributed by atoms with E-state index >= 15 is 0 Å². The highest BCUT2D eigenvalue weighted by Crippen LogP contribution is 2.15. The minimum atomic E-state index is -1.72. The topological polar surface area (TPSA) is 30.2 Å². The number of hydrogen-bond acceptors (Lipinski definition) is 2. The van der Waals surface area contributed by atoms with Crippen LogP contribution in [0.4, 0.5) is 0 Å². The Balaban J connectivity index is 3.04. The summed E-state index contributed by atoms with van der Waals surface area (Å²) in [6, 6.07) is 7.94. The Morgan fingerprint density at radius 1 is 0.842 bits per heavy atom. The van der Waals surface area contributed by atoms with Gasteiger partial charge in [0.05, 0.1) is 16.1 Å². The van der Waals surface area contributed by atoms with E-state index in [0.29, 0.717) is 0 Å². The van der Waals surface area contributed by atoms with Gasteiger partial charge in [0, 0.05) is 10.6 Å². The minimum Gasteiger partial charge on any atom is -0.423 e. The van der Waals surface area contributed by atoms with E-state index in [1.54, 1.807) is 0 Å². The summed E-state index contributed by atoms with van der Waals surface area (Å²) in [6.07, 6.45) is 0. The fourth-order valence-electron chi connectivity index (χ4n) is 2.61. The van der Waals surface area contributed by atoms with Gasteiger partial charge in [-0.2, -0.15) is 0 Å². The Bertz CT molecular complexity index is 673. The molecule has 2 nitrogen and oxygen atoms in total. The average Bonchev–Trinajstić information content (AvgIpc) is 2.24. The monoisotopic (exact) mass is 290 g/mol. The molecule has 1 aromatic heterocycles. The van der Waals surface area contributed by atoms with Gasteiger partial charge in [-0.3, -0.25) is 0 Å². The highest BCUT2D eigenvalue weighted by Gasteiger charge is 2.33. The number of benzene rings is 1. The normalized spacial score (nSPS) is 12.9. The van der Waals surface area contributed by atoms with E-state index in [9.17, 15) is 4.79 Å². The van der Waals surface area contributed by atoms with Crippen LogP contribution in [-0.2, 0) is 0 Å². The first-order valence-corrected chi connectivity index (χ1v) is 13.7. The van der Waals surface area contributed by atoms with Gasteiger partial charge in [-0.15, -0.1) is 0 Å². The van der Waals surface area contributed by atoms with Crippen molar-refractivity contribution in [1.82, 2.24) is 0 Å². The Labute approximate surface area is 116 Å². The molecule has 0 N–H and O–H groups in total. The summed E-state index contributed by atoms with van der Waals surface area (Å²) in [6.45, 7) is 13.6. The molecule has 0 saturated carbocycles. The van der Waals surface area contributed by atoms with Crippen LogP contribution in [0.25, 0.3) is 11.0 Å². The molecule has 19 heavy (non-hydrogen) atoms. The number of rotatable bonds is 2. The zero-order valence-corrected chi connectivity index (χ0v) is 14.6. The van der Waals surface area contributed by atoms with Gasteiger partial charge in [-0.25, -0.2) is 4.79 Å². The second kappa shape index (κ2) is 4.46. The third kappa shape index (κ3) is 2.60. The molecular formula is C15H22O2Si2.